The molecule has 1 heterocycles. The summed E-state index contributed by atoms with van der Waals surface area (Å²) in [6, 6.07) is 0. The SMILES string of the molecule is CCC(CN)C(=O)CC1CCOCC1. The van der Waals surface area contributed by atoms with Crippen molar-refractivity contribution in [2.45, 2.75) is 32.6 Å². The minimum absolute atomic E-state index is 0.0813. The smallest absolute Gasteiger partial charge is 0.137 e. The minimum atomic E-state index is 0.0813. The summed E-state index contributed by atoms with van der Waals surface area (Å²) in [6.07, 6.45) is 3.65. The van der Waals surface area contributed by atoms with Crippen molar-refractivity contribution in [1.82, 2.24) is 0 Å². The Bertz CT molecular complexity index is 172. The van der Waals surface area contributed by atoms with Crippen LogP contribution in [0.1, 0.15) is 32.6 Å². The molecule has 2 N–H and O–H groups in total. The van der Waals surface area contributed by atoms with Crippen LogP contribution in [0.15, 0.2) is 0 Å². The van der Waals surface area contributed by atoms with Gasteiger partial charge in [0.2, 0.25) is 0 Å². The predicted octanol–water partition coefficient (Wildman–Crippen LogP) is 1.36. The number of hydrogen-bond acceptors (Lipinski definition) is 3. The van der Waals surface area contributed by atoms with Crippen LogP contribution < -0.4 is 5.73 Å². The van der Waals surface area contributed by atoms with Gasteiger partial charge < -0.3 is 10.5 Å². The molecule has 0 aliphatic carbocycles. The van der Waals surface area contributed by atoms with Gasteiger partial charge in [0.1, 0.15) is 5.78 Å². The zero-order valence-corrected chi connectivity index (χ0v) is 9.00. The summed E-state index contributed by atoms with van der Waals surface area (Å²) in [5, 5.41) is 0. The van der Waals surface area contributed by atoms with Crippen molar-refractivity contribution in [3.63, 3.8) is 0 Å². The molecule has 0 spiro atoms. The Morgan fingerprint density at radius 1 is 1.50 bits per heavy atom. The molecule has 1 aliphatic heterocycles. The van der Waals surface area contributed by atoms with Crippen LogP contribution in [-0.4, -0.2) is 25.5 Å². The fourth-order valence-electron chi connectivity index (χ4n) is 1.93. The molecule has 0 bridgehead atoms. The average Bonchev–Trinajstić information content (AvgIpc) is 2.21. The van der Waals surface area contributed by atoms with Crippen LogP contribution in [0.5, 0.6) is 0 Å². The second-order valence-electron chi connectivity index (χ2n) is 4.07. The van der Waals surface area contributed by atoms with Gasteiger partial charge in [-0.3, -0.25) is 4.79 Å². The van der Waals surface area contributed by atoms with Crippen molar-refractivity contribution in [1.29, 1.82) is 0 Å². The molecular formula is C11H21NO2. The first-order chi connectivity index (χ1) is 6.77. The number of nitrogens with two attached hydrogens (primary N) is 1. The Kier molecular flexibility index (Phi) is 5.12. The second-order valence-corrected chi connectivity index (χ2v) is 4.07. The molecule has 1 aliphatic rings. The van der Waals surface area contributed by atoms with E-state index in [1.807, 2.05) is 6.92 Å². The van der Waals surface area contributed by atoms with Gasteiger partial charge in [0, 0.05) is 32.1 Å². The molecule has 3 nitrogen and oxygen atoms in total. The molecule has 0 aromatic rings. The van der Waals surface area contributed by atoms with Gasteiger partial charge in [0.15, 0.2) is 0 Å². The number of carbonyl (C=O) groups is 1. The van der Waals surface area contributed by atoms with Gasteiger partial charge in [0.25, 0.3) is 0 Å². The number of Topliss-reactive ketones (excluding diaryl/α,β-unsaturated/α-hetero) is 1. The molecule has 0 aromatic heterocycles. The van der Waals surface area contributed by atoms with E-state index in [-0.39, 0.29) is 5.92 Å². The standard InChI is InChI=1S/C11H21NO2/c1-2-10(8-12)11(13)7-9-3-5-14-6-4-9/h9-10H,2-8,12H2,1H3. The summed E-state index contributed by atoms with van der Waals surface area (Å²) in [4.78, 5) is 11.8. The molecule has 1 atom stereocenters. The largest absolute Gasteiger partial charge is 0.381 e. The third-order valence-corrected chi connectivity index (χ3v) is 3.06. The van der Waals surface area contributed by atoms with Gasteiger partial charge in [0.05, 0.1) is 0 Å². The Balaban J connectivity index is 2.30. The molecule has 0 amide bonds. The summed E-state index contributed by atoms with van der Waals surface area (Å²) < 4.78 is 5.26. The Morgan fingerprint density at radius 3 is 2.64 bits per heavy atom. The zero-order valence-electron chi connectivity index (χ0n) is 9.00. The zero-order chi connectivity index (χ0) is 10.4. The highest BCUT2D eigenvalue weighted by atomic mass is 16.5. The molecule has 0 saturated carbocycles. The molecule has 1 fully saturated rings. The van der Waals surface area contributed by atoms with Crippen LogP contribution in [0, 0.1) is 11.8 Å². The maximum Gasteiger partial charge on any atom is 0.137 e. The maximum absolute atomic E-state index is 11.8. The Morgan fingerprint density at radius 2 is 2.14 bits per heavy atom. The monoisotopic (exact) mass is 199 g/mol. The van der Waals surface area contributed by atoms with Gasteiger partial charge in [-0.05, 0) is 25.2 Å². The molecule has 0 radical (unpaired) electrons. The third-order valence-electron chi connectivity index (χ3n) is 3.06. The van der Waals surface area contributed by atoms with Crippen LogP contribution >= 0.6 is 0 Å². The van der Waals surface area contributed by atoms with Crippen molar-refractivity contribution in [3.8, 4) is 0 Å². The summed E-state index contributed by atoms with van der Waals surface area (Å²) >= 11 is 0. The highest BCUT2D eigenvalue weighted by Gasteiger charge is 2.21. The van der Waals surface area contributed by atoms with Crippen molar-refractivity contribution in [3.05, 3.63) is 0 Å². The fourth-order valence-corrected chi connectivity index (χ4v) is 1.93. The maximum atomic E-state index is 11.8. The molecule has 1 rings (SSSR count). The van der Waals surface area contributed by atoms with Crippen LogP contribution in [0.25, 0.3) is 0 Å². The molecule has 0 aromatic carbocycles. The molecule has 1 saturated heterocycles. The Hall–Kier alpha value is -0.410. The lowest BCUT2D eigenvalue weighted by atomic mass is 9.88. The van der Waals surface area contributed by atoms with Crippen molar-refractivity contribution < 1.29 is 9.53 Å². The topological polar surface area (TPSA) is 52.3 Å². The lowest BCUT2D eigenvalue weighted by Crippen LogP contribution is -2.27. The van der Waals surface area contributed by atoms with E-state index in [4.69, 9.17) is 10.5 Å². The lowest BCUT2D eigenvalue weighted by Gasteiger charge is -2.22. The number of hydrogen-bond donors (Lipinski definition) is 1. The normalized spacial score (nSPS) is 20.7. The number of rotatable bonds is 5. The highest BCUT2D eigenvalue weighted by molar-refractivity contribution is 5.81. The van der Waals surface area contributed by atoms with E-state index in [0.717, 1.165) is 32.5 Å². The number of carbonyl (C=O) groups excluding carboxylic acids is 1. The van der Waals surface area contributed by atoms with Crippen molar-refractivity contribution in [2.24, 2.45) is 17.6 Å². The minimum Gasteiger partial charge on any atom is -0.381 e. The first-order valence-corrected chi connectivity index (χ1v) is 5.58. The quantitative estimate of drug-likeness (QED) is 0.727. The van der Waals surface area contributed by atoms with Crippen molar-refractivity contribution in [2.75, 3.05) is 19.8 Å². The van der Waals surface area contributed by atoms with E-state index in [2.05, 4.69) is 0 Å². The molecule has 3 heteroatoms. The molecule has 14 heavy (non-hydrogen) atoms. The third kappa shape index (κ3) is 3.39. The van der Waals surface area contributed by atoms with E-state index in [1.165, 1.54) is 0 Å². The summed E-state index contributed by atoms with van der Waals surface area (Å²) in [6.45, 7) is 4.16. The highest BCUT2D eigenvalue weighted by Crippen LogP contribution is 2.21. The van der Waals surface area contributed by atoms with E-state index in [1.54, 1.807) is 0 Å². The lowest BCUT2D eigenvalue weighted by molar-refractivity contribution is -0.124. The van der Waals surface area contributed by atoms with Crippen LogP contribution in [0.3, 0.4) is 0 Å². The molecule has 82 valence electrons. The second kappa shape index (κ2) is 6.14. The fraction of sp³-hybridized carbons (Fsp3) is 0.909. The molecule has 1 unspecified atom stereocenters. The van der Waals surface area contributed by atoms with Crippen LogP contribution in [-0.2, 0) is 9.53 Å². The van der Waals surface area contributed by atoms with Gasteiger partial charge in [-0.1, -0.05) is 6.92 Å². The average molecular weight is 199 g/mol. The summed E-state index contributed by atoms with van der Waals surface area (Å²) in [5.41, 5.74) is 5.54. The number of ketones is 1. The van der Waals surface area contributed by atoms with E-state index < -0.39 is 0 Å². The summed E-state index contributed by atoms with van der Waals surface area (Å²) in [7, 11) is 0. The van der Waals surface area contributed by atoms with Gasteiger partial charge in [-0.2, -0.15) is 0 Å². The molecular weight excluding hydrogens is 178 g/mol. The van der Waals surface area contributed by atoms with E-state index in [0.29, 0.717) is 24.7 Å². The number of ether oxygens (including phenoxy) is 1. The summed E-state index contributed by atoms with van der Waals surface area (Å²) in [5.74, 6) is 0.969. The first kappa shape index (κ1) is 11.7. The van der Waals surface area contributed by atoms with Gasteiger partial charge in [-0.25, -0.2) is 0 Å². The first-order valence-electron chi connectivity index (χ1n) is 5.58. The Labute approximate surface area is 86.0 Å². The van der Waals surface area contributed by atoms with Crippen LogP contribution in [0.2, 0.25) is 0 Å². The van der Waals surface area contributed by atoms with Gasteiger partial charge in [-0.15, -0.1) is 0 Å². The van der Waals surface area contributed by atoms with E-state index >= 15 is 0 Å². The predicted molar refractivity (Wildman–Crippen MR) is 56.0 cm³/mol. The van der Waals surface area contributed by atoms with E-state index in [9.17, 15) is 4.79 Å². The van der Waals surface area contributed by atoms with Gasteiger partial charge >= 0.3 is 0 Å². The van der Waals surface area contributed by atoms with Crippen LogP contribution in [0.4, 0.5) is 0 Å². The van der Waals surface area contributed by atoms with Crippen molar-refractivity contribution >= 4 is 5.78 Å².